The summed E-state index contributed by atoms with van der Waals surface area (Å²) in [6.45, 7) is -0.522. The summed E-state index contributed by atoms with van der Waals surface area (Å²) >= 11 is 0. The number of aliphatic hydroxyl groups excluding tert-OH is 1. The van der Waals surface area contributed by atoms with E-state index in [-0.39, 0.29) is 23.1 Å². The van der Waals surface area contributed by atoms with Gasteiger partial charge in [-0.05, 0) is 23.6 Å². The van der Waals surface area contributed by atoms with Crippen molar-refractivity contribution in [2.24, 2.45) is 0 Å². The standard InChI is InChI=1S/C18H14F3NO2/c19-18(20,21)17-14-7-3-1-5-11(14)9-12(10-23)22(17)16(24)13-6-2-4-8-15(13)17/h1-8,12,23H,9-10H2. The highest BCUT2D eigenvalue weighted by molar-refractivity contribution is 6.01. The fourth-order valence-electron chi connectivity index (χ4n) is 4.10. The van der Waals surface area contributed by atoms with E-state index in [1.807, 2.05) is 0 Å². The van der Waals surface area contributed by atoms with Crippen LogP contribution in [0.25, 0.3) is 0 Å². The normalized spacial score (nSPS) is 25.2. The van der Waals surface area contributed by atoms with E-state index in [2.05, 4.69) is 0 Å². The van der Waals surface area contributed by atoms with Crippen molar-refractivity contribution in [1.29, 1.82) is 0 Å². The zero-order valence-corrected chi connectivity index (χ0v) is 12.5. The first-order chi connectivity index (χ1) is 11.4. The molecular formula is C18H14F3NO2. The molecule has 2 aromatic carbocycles. The Morgan fingerprint density at radius 3 is 2.38 bits per heavy atom. The average molecular weight is 333 g/mol. The maximum absolute atomic E-state index is 14.5. The minimum Gasteiger partial charge on any atom is -0.394 e. The Morgan fingerprint density at radius 2 is 1.71 bits per heavy atom. The van der Waals surface area contributed by atoms with Gasteiger partial charge in [-0.15, -0.1) is 0 Å². The third kappa shape index (κ3) is 1.64. The molecule has 124 valence electrons. The molecule has 1 N–H and O–H groups in total. The summed E-state index contributed by atoms with van der Waals surface area (Å²) in [7, 11) is 0. The minimum atomic E-state index is -4.71. The monoisotopic (exact) mass is 333 g/mol. The maximum Gasteiger partial charge on any atom is 0.420 e. The van der Waals surface area contributed by atoms with Crippen molar-refractivity contribution in [2.45, 2.75) is 24.2 Å². The zero-order chi connectivity index (χ0) is 17.1. The number of alkyl halides is 3. The Hall–Kier alpha value is -2.34. The molecule has 2 aliphatic rings. The van der Waals surface area contributed by atoms with Crippen molar-refractivity contribution in [2.75, 3.05) is 6.61 Å². The van der Waals surface area contributed by atoms with E-state index in [1.54, 1.807) is 24.3 Å². The fourth-order valence-corrected chi connectivity index (χ4v) is 4.10. The van der Waals surface area contributed by atoms with E-state index in [1.165, 1.54) is 24.3 Å². The minimum absolute atomic E-state index is 0.0463. The Balaban J connectivity index is 2.15. The molecule has 3 nitrogen and oxygen atoms in total. The molecule has 6 heteroatoms. The summed E-state index contributed by atoms with van der Waals surface area (Å²) in [4.78, 5) is 13.6. The highest BCUT2D eigenvalue weighted by Crippen LogP contribution is 2.57. The van der Waals surface area contributed by atoms with E-state index in [9.17, 15) is 23.1 Å². The lowest BCUT2D eigenvalue weighted by atomic mass is 9.75. The lowest BCUT2D eigenvalue weighted by Crippen LogP contribution is -2.62. The second kappa shape index (κ2) is 4.83. The van der Waals surface area contributed by atoms with Gasteiger partial charge in [-0.3, -0.25) is 4.79 Å². The van der Waals surface area contributed by atoms with E-state index in [0.717, 1.165) is 4.90 Å². The van der Waals surface area contributed by atoms with Gasteiger partial charge >= 0.3 is 6.18 Å². The number of hydrogen-bond acceptors (Lipinski definition) is 2. The molecule has 2 aromatic rings. The van der Waals surface area contributed by atoms with Gasteiger partial charge in [0.2, 0.25) is 0 Å². The number of nitrogens with zero attached hydrogens (tertiary/aromatic N) is 1. The summed E-state index contributed by atoms with van der Waals surface area (Å²) < 4.78 is 43.4. The molecule has 0 saturated heterocycles. The molecule has 0 radical (unpaired) electrons. The van der Waals surface area contributed by atoms with Crippen molar-refractivity contribution in [3.63, 3.8) is 0 Å². The molecule has 0 bridgehead atoms. The van der Waals surface area contributed by atoms with Gasteiger partial charge < -0.3 is 10.0 Å². The predicted octanol–water partition coefficient (Wildman–Crippen LogP) is 2.87. The number of rotatable bonds is 1. The molecule has 0 aliphatic carbocycles. The van der Waals surface area contributed by atoms with Gasteiger partial charge in [-0.25, -0.2) is 0 Å². The average Bonchev–Trinajstić information content (AvgIpc) is 2.85. The number of halogens is 3. The van der Waals surface area contributed by atoms with E-state index < -0.39 is 30.3 Å². The Morgan fingerprint density at radius 1 is 1.08 bits per heavy atom. The van der Waals surface area contributed by atoms with Crippen molar-refractivity contribution < 1.29 is 23.1 Å². The molecule has 2 heterocycles. The Bertz CT molecular complexity index is 833. The Kier molecular flexibility index (Phi) is 3.06. The fraction of sp³-hybridized carbons (Fsp3) is 0.278. The topological polar surface area (TPSA) is 40.5 Å². The van der Waals surface area contributed by atoms with Crippen LogP contribution in [0.3, 0.4) is 0 Å². The molecule has 4 rings (SSSR count). The summed E-state index contributed by atoms with van der Waals surface area (Å²) in [5.74, 6) is -0.684. The third-order valence-electron chi connectivity index (χ3n) is 4.98. The number of benzene rings is 2. The van der Waals surface area contributed by atoms with Crippen LogP contribution >= 0.6 is 0 Å². The van der Waals surface area contributed by atoms with Crippen molar-refractivity contribution in [3.8, 4) is 0 Å². The molecular weight excluding hydrogens is 319 g/mol. The maximum atomic E-state index is 14.5. The smallest absolute Gasteiger partial charge is 0.394 e. The van der Waals surface area contributed by atoms with E-state index in [4.69, 9.17) is 0 Å². The zero-order valence-electron chi connectivity index (χ0n) is 12.5. The number of carbonyl (C=O) groups excluding carboxylic acids is 1. The molecule has 2 aliphatic heterocycles. The quantitative estimate of drug-likeness (QED) is 0.872. The van der Waals surface area contributed by atoms with Crippen LogP contribution < -0.4 is 0 Å². The number of fused-ring (bicyclic) bond motifs is 5. The number of aliphatic hydroxyl groups is 1. The first-order valence-corrected chi connectivity index (χ1v) is 7.62. The van der Waals surface area contributed by atoms with Crippen LogP contribution in [0.1, 0.15) is 27.0 Å². The number of amides is 1. The van der Waals surface area contributed by atoms with Crippen LogP contribution in [-0.4, -0.2) is 34.7 Å². The van der Waals surface area contributed by atoms with Gasteiger partial charge in [-0.2, -0.15) is 13.2 Å². The van der Waals surface area contributed by atoms with Gasteiger partial charge in [0.25, 0.3) is 5.91 Å². The second-order valence-electron chi connectivity index (χ2n) is 6.13. The van der Waals surface area contributed by atoms with Crippen molar-refractivity contribution in [3.05, 3.63) is 70.8 Å². The lowest BCUT2D eigenvalue weighted by Gasteiger charge is -2.48. The van der Waals surface area contributed by atoms with Crippen molar-refractivity contribution >= 4 is 5.91 Å². The number of carbonyl (C=O) groups is 1. The number of hydrogen-bond donors (Lipinski definition) is 1. The second-order valence-corrected chi connectivity index (χ2v) is 6.13. The molecule has 0 spiro atoms. The van der Waals surface area contributed by atoms with E-state index >= 15 is 0 Å². The largest absolute Gasteiger partial charge is 0.420 e. The van der Waals surface area contributed by atoms with Crippen LogP contribution in [0, 0.1) is 0 Å². The first-order valence-electron chi connectivity index (χ1n) is 7.62. The summed E-state index contributed by atoms with van der Waals surface area (Å²) in [5, 5.41) is 9.68. The van der Waals surface area contributed by atoms with Crippen LogP contribution in [0.4, 0.5) is 13.2 Å². The van der Waals surface area contributed by atoms with Crippen LogP contribution in [-0.2, 0) is 12.0 Å². The van der Waals surface area contributed by atoms with Crippen LogP contribution in [0.5, 0.6) is 0 Å². The lowest BCUT2D eigenvalue weighted by molar-refractivity contribution is -0.220. The molecule has 24 heavy (non-hydrogen) atoms. The molecule has 0 aromatic heterocycles. The molecule has 0 fully saturated rings. The molecule has 2 atom stereocenters. The van der Waals surface area contributed by atoms with Crippen LogP contribution in [0.2, 0.25) is 0 Å². The summed E-state index contributed by atoms with van der Waals surface area (Å²) in [6.07, 6.45) is -4.51. The predicted molar refractivity (Wildman–Crippen MR) is 80.5 cm³/mol. The van der Waals surface area contributed by atoms with Gasteiger partial charge in [0.1, 0.15) is 0 Å². The summed E-state index contributed by atoms with van der Waals surface area (Å²) in [5.41, 5.74) is -1.98. The first kappa shape index (κ1) is 15.2. The highest BCUT2D eigenvalue weighted by atomic mass is 19.4. The molecule has 2 unspecified atom stereocenters. The highest BCUT2D eigenvalue weighted by Gasteiger charge is 2.69. The van der Waals surface area contributed by atoms with Gasteiger partial charge in [-0.1, -0.05) is 42.5 Å². The van der Waals surface area contributed by atoms with Gasteiger partial charge in [0.15, 0.2) is 5.54 Å². The van der Waals surface area contributed by atoms with E-state index in [0.29, 0.717) is 5.56 Å². The third-order valence-corrected chi connectivity index (χ3v) is 4.98. The Labute approximate surface area is 136 Å². The van der Waals surface area contributed by atoms with Gasteiger partial charge in [0.05, 0.1) is 12.6 Å². The molecule has 1 amide bonds. The SMILES string of the molecule is O=C1c2ccccc2C2(C(F)(F)F)c3ccccc3CC(CO)N12. The van der Waals surface area contributed by atoms with Crippen LogP contribution in [0.15, 0.2) is 48.5 Å². The molecule has 0 saturated carbocycles. The van der Waals surface area contributed by atoms with Gasteiger partial charge in [0, 0.05) is 11.1 Å². The summed E-state index contributed by atoms with van der Waals surface area (Å²) in [6, 6.07) is 11.2. The van der Waals surface area contributed by atoms with Crippen molar-refractivity contribution in [1.82, 2.24) is 4.90 Å².